The molecule has 4 heteroatoms. The minimum atomic E-state index is 0.142. The van der Waals surface area contributed by atoms with Crippen LogP contribution in [0.4, 0.5) is 0 Å². The van der Waals surface area contributed by atoms with E-state index in [0.29, 0.717) is 19.1 Å². The van der Waals surface area contributed by atoms with Gasteiger partial charge < -0.3 is 19.8 Å². The quantitative estimate of drug-likeness (QED) is 0.345. The van der Waals surface area contributed by atoms with Gasteiger partial charge in [-0.3, -0.25) is 0 Å². The molecule has 1 aliphatic heterocycles. The molecule has 0 saturated heterocycles. The largest absolute Gasteiger partial charge is 0.494 e. The molecule has 0 saturated carbocycles. The Kier molecular flexibility index (Phi) is 6.10. The lowest BCUT2D eigenvalue weighted by Gasteiger charge is -2.28. The Bertz CT molecular complexity index is 1240. The van der Waals surface area contributed by atoms with Crippen LogP contribution in [-0.4, -0.2) is 18.1 Å². The molecule has 0 radical (unpaired) electrons. The number of hydrogen-bond acceptors (Lipinski definition) is 3. The maximum absolute atomic E-state index is 6.12. The third kappa shape index (κ3) is 4.36. The van der Waals surface area contributed by atoms with E-state index in [-0.39, 0.29) is 6.04 Å². The Morgan fingerprint density at radius 2 is 1.73 bits per heavy atom. The topological polar surface area (TPSA) is 46.3 Å². The second-order valence-electron chi connectivity index (χ2n) is 9.01. The number of H-pyrrole nitrogens is 1. The van der Waals surface area contributed by atoms with Crippen LogP contribution in [0.2, 0.25) is 0 Å². The molecule has 5 rings (SSSR count). The molecular weight excluding hydrogens is 408 g/mol. The zero-order chi connectivity index (χ0) is 22.8. The Balaban J connectivity index is 1.49. The van der Waals surface area contributed by atoms with Gasteiger partial charge in [0.1, 0.15) is 18.1 Å². The molecule has 0 fully saturated rings. The summed E-state index contributed by atoms with van der Waals surface area (Å²) in [5, 5.41) is 5.02. The average Bonchev–Trinajstić information content (AvgIpc) is 3.22. The van der Waals surface area contributed by atoms with Crippen LogP contribution in [0.25, 0.3) is 10.9 Å². The van der Waals surface area contributed by atoms with Gasteiger partial charge in [-0.15, -0.1) is 0 Å². The first-order valence-corrected chi connectivity index (χ1v) is 11.9. The second kappa shape index (κ2) is 9.32. The van der Waals surface area contributed by atoms with Crippen LogP contribution < -0.4 is 14.8 Å². The van der Waals surface area contributed by atoms with Crippen molar-refractivity contribution >= 4 is 10.9 Å². The first-order valence-electron chi connectivity index (χ1n) is 11.9. The van der Waals surface area contributed by atoms with Crippen molar-refractivity contribution in [3.63, 3.8) is 0 Å². The van der Waals surface area contributed by atoms with Crippen LogP contribution in [-0.2, 0) is 13.0 Å². The van der Waals surface area contributed by atoms with Crippen molar-refractivity contribution in [3.05, 3.63) is 94.7 Å². The molecule has 0 spiro atoms. The van der Waals surface area contributed by atoms with Gasteiger partial charge in [0.2, 0.25) is 0 Å². The zero-order valence-corrected chi connectivity index (χ0v) is 19.7. The van der Waals surface area contributed by atoms with E-state index in [0.717, 1.165) is 30.0 Å². The summed E-state index contributed by atoms with van der Waals surface area (Å²) in [5.74, 6) is 2.26. The number of ether oxygens (including phenoxy) is 2. The predicted octanol–water partition coefficient (Wildman–Crippen LogP) is 6.50. The summed E-state index contributed by atoms with van der Waals surface area (Å²) >= 11 is 0. The molecule has 0 aliphatic carbocycles. The molecule has 0 bridgehead atoms. The SMILES string of the molecule is CCOc1ccc(C2NCCc3c2[nH]c2ccc(OCc4ccccc4)cc32)c(C(C)C)c1. The first kappa shape index (κ1) is 21.6. The van der Waals surface area contributed by atoms with E-state index in [2.05, 4.69) is 72.7 Å². The highest BCUT2D eigenvalue weighted by Crippen LogP contribution is 2.38. The van der Waals surface area contributed by atoms with Crippen molar-refractivity contribution in [2.45, 2.75) is 45.8 Å². The minimum absolute atomic E-state index is 0.142. The van der Waals surface area contributed by atoms with E-state index in [4.69, 9.17) is 9.47 Å². The number of nitrogens with one attached hydrogen (secondary N) is 2. The van der Waals surface area contributed by atoms with Gasteiger partial charge in [0, 0.05) is 23.1 Å². The van der Waals surface area contributed by atoms with Crippen molar-refractivity contribution in [2.24, 2.45) is 0 Å². The van der Waals surface area contributed by atoms with E-state index in [1.165, 1.54) is 33.3 Å². The summed E-state index contributed by atoms with van der Waals surface area (Å²) in [4.78, 5) is 3.72. The standard InChI is InChI=1S/C29H32N2O2/c1-4-32-21-10-12-23(25(16-21)19(2)3)28-29-24(14-15-30-28)26-17-22(11-13-27(26)31-29)33-18-20-8-6-5-7-9-20/h5-13,16-17,19,28,30-31H,4,14-15,18H2,1-3H3. The molecule has 4 aromatic rings. The number of benzene rings is 3. The fourth-order valence-electron chi connectivity index (χ4n) is 4.88. The highest BCUT2D eigenvalue weighted by molar-refractivity contribution is 5.86. The summed E-state index contributed by atoms with van der Waals surface area (Å²) in [6.07, 6.45) is 1.00. The molecule has 1 aromatic heterocycles. The zero-order valence-electron chi connectivity index (χ0n) is 19.7. The van der Waals surface area contributed by atoms with Gasteiger partial charge in [0.15, 0.2) is 0 Å². The van der Waals surface area contributed by atoms with E-state index in [1.807, 2.05) is 25.1 Å². The maximum Gasteiger partial charge on any atom is 0.120 e. The van der Waals surface area contributed by atoms with Crippen molar-refractivity contribution in [2.75, 3.05) is 13.2 Å². The molecule has 33 heavy (non-hydrogen) atoms. The average molecular weight is 441 g/mol. The van der Waals surface area contributed by atoms with Crippen LogP contribution in [0.3, 0.4) is 0 Å². The van der Waals surface area contributed by atoms with Crippen LogP contribution in [0.1, 0.15) is 60.7 Å². The summed E-state index contributed by atoms with van der Waals surface area (Å²) in [7, 11) is 0. The van der Waals surface area contributed by atoms with Crippen molar-refractivity contribution in [1.29, 1.82) is 0 Å². The van der Waals surface area contributed by atoms with E-state index in [9.17, 15) is 0 Å². The first-order chi connectivity index (χ1) is 16.1. The van der Waals surface area contributed by atoms with E-state index in [1.54, 1.807) is 0 Å². The second-order valence-corrected chi connectivity index (χ2v) is 9.01. The monoisotopic (exact) mass is 440 g/mol. The molecule has 1 atom stereocenters. The predicted molar refractivity (Wildman–Crippen MR) is 134 cm³/mol. The van der Waals surface area contributed by atoms with Crippen LogP contribution in [0.5, 0.6) is 11.5 Å². The summed E-state index contributed by atoms with van der Waals surface area (Å²) in [5.41, 5.74) is 7.65. The minimum Gasteiger partial charge on any atom is -0.494 e. The third-order valence-electron chi connectivity index (χ3n) is 6.47. The highest BCUT2D eigenvalue weighted by atomic mass is 16.5. The van der Waals surface area contributed by atoms with Crippen molar-refractivity contribution in [3.8, 4) is 11.5 Å². The summed E-state index contributed by atoms with van der Waals surface area (Å²) in [6, 6.07) is 23.4. The van der Waals surface area contributed by atoms with Crippen LogP contribution >= 0.6 is 0 Å². The van der Waals surface area contributed by atoms with Gasteiger partial charge in [-0.1, -0.05) is 50.2 Å². The van der Waals surface area contributed by atoms with Crippen LogP contribution in [0, 0.1) is 0 Å². The normalized spacial score (nSPS) is 15.6. The fraction of sp³-hybridized carbons (Fsp3) is 0.310. The smallest absolute Gasteiger partial charge is 0.120 e. The van der Waals surface area contributed by atoms with Crippen molar-refractivity contribution in [1.82, 2.24) is 10.3 Å². The summed E-state index contributed by atoms with van der Waals surface area (Å²) in [6.45, 7) is 8.73. The summed E-state index contributed by atoms with van der Waals surface area (Å²) < 4.78 is 11.9. The van der Waals surface area contributed by atoms with E-state index < -0.39 is 0 Å². The molecule has 2 heterocycles. The van der Waals surface area contributed by atoms with Gasteiger partial charge in [0.25, 0.3) is 0 Å². The van der Waals surface area contributed by atoms with Crippen LogP contribution in [0.15, 0.2) is 66.7 Å². The molecule has 0 amide bonds. The van der Waals surface area contributed by atoms with Gasteiger partial charge >= 0.3 is 0 Å². The molecule has 1 aliphatic rings. The Labute approximate surface area is 195 Å². The van der Waals surface area contributed by atoms with Gasteiger partial charge in [-0.2, -0.15) is 0 Å². The van der Waals surface area contributed by atoms with Gasteiger partial charge in [-0.05, 0) is 71.8 Å². The molecule has 4 nitrogen and oxygen atoms in total. The fourth-order valence-corrected chi connectivity index (χ4v) is 4.88. The Hall–Kier alpha value is -3.24. The number of fused-ring (bicyclic) bond motifs is 3. The molecule has 3 aromatic carbocycles. The number of hydrogen-bond donors (Lipinski definition) is 2. The Morgan fingerprint density at radius 1 is 0.939 bits per heavy atom. The lowest BCUT2D eigenvalue weighted by atomic mass is 9.87. The third-order valence-corrected chi connectivity index (χ3v) is 6.47. The van der Waals surface area contributed by atoms with Gasteiger partial charge in [-0.25, -0.2) is 0 Å². The number of aromatic nitrogens is 1. The Morgan fingerprint density at radius 3 is 2.52 bits per heavy atom. The molecule has 2 N–H and O–H groups in total. The lowest BCUT2D eigenvalue weighted by Crippen LogP contribution is -2.31. The van der Waals surface area contributed by atoms with Crippen molar-refractivity contribution < 1.29 is 9.47 Å². The number of aromatic amines is 1. The number of rotatable bonds is 7. The highest BCUT2D eigenvalue weighted by Gasteiger charge is 2.27. The lowest BCUT2D eigenvalue weighted by molar-refractivity contribution is 0.306. The van der Waals surface area contributed by atoms with Gasteiger partial charge in [0.05, 0.1) is 12.6 Å². The molecular formula is C29H32N2O2. The molecule has 170 valence electrons. The molecule has 1 unspecified atom stereocenters. The maximum atomic E-state index is 6.12. The van der Waals surface area contributed by atoms with E-state index >= 15 is 0 Å².